The van der Waals surface area contributed by atoms with E-state index >= 15 is 0 Å². The van der Waals surface area contributed by atoms with Gasteiger partial charge in [-0.2, -0.15) is 23.4 Å². The molecule has 5 rings (SSSR count). The Hall–Kier alpha value is -3.49. The van der Waals surface area contributed by atoms with E-state index < -0.39 is 11.7 Å². The zero-order valence-electron chi connectivity index (χ0n) is 17.0. The molecule has 1 aliphatic heterocycles. The smallest absolute Gasteiger partial charge is 0.365 e. The summed E-state index contributed by atoms with van der Waals surface area (Å²) in [4.78, 5) is 19.3. The second-order valence-corrected chi connectivity index (χ2v) is 8.22. The molecule has 3 aromatic rings. The highest BCUT2D eigenvalue weighted by Gasteiger charge is 2.47. The number of nitrogens with one attached hydrogen (secondary N) is 1. The van der Waals surface area contributed by atoms with E-state index in [1.54, 1.807) is 12.4 Å². The summed E-state index contributed by atoms with van der Waals surface area (Å²) in [5.74, 6) is 0.675. The molecule has 0 radical (unpaired) electrons. The van der Waals surface area contributed by atoms with E-state index in [0.29, 0.717) is 23.8 Å². The monoisotopic (exact) mass is 439 g/mol. The number of anilines is 1. The van der Waals surface area contributed by atoms with Crippen molar-refractivity contribution in [2.24, 2.45) is 5.92 Å². The maximum atomic E-state index is 13.5. The van der Waals surface area contributed by atoms with Crippen LogP contribution in [0.5, 0.6) is 0 Å². The van der Waals surface area contributed by atoms with Gasteiger partial charge in [0.25, 0.3) is 5.91 Å². The van der Waals surface area contributed by atoms with Gasteiger partial charge in [0.2, 0.25) is 0 Å². The average molecular weight is 439 g/mol. The van der Waals surface area contributed by atoms with Crippen LogP contribution in [0, 0.1) is 5.92 Å². The van der Waals surface area contributed by atoms with Gasteiger partial charge in [-0.3, -0.25) is 4.79 Å². The second kappa shape index (κ2) is 7.89. The normalized spacial score (nSPS) is 22.2. The van der Waals surface area contributed by atoms with Crippen molar-refractivity contribution in [3.05, 3.63) is 72.2 Å². The Kier molecular flexibility index (Phi) is 5.03. The number of piperidine rings is 1. The Bertz CT molecular complexity index is 1120. The van der Waals surface area contributed by atoms with Gasteiger partial charge in [-0.1, -0.05) is 18.2 Å². The van der Waals surface area contributed by atoms with E-state index in [4.69, 9.17) is 0 Å². The SMILES string of the molecule is O=C(c1ccccc1-c1ccnnc1)N1C[C@H]2C[C@@H](Nc3ccc(C(F)(F)F)cn3)[C@@H]1C2. The van der Waals surface area contributed by atoms with Crippen molar-refractivity contribution < 1.29 is 18.0 Å². The van der Waals surface area contributed by atoms with E-state index in [2.05, 4.69) is 20.5 Å². The molecule has 32 heavy (non-hydrogen) atoms. The summed E-state index contributed by atoms with van der Waals surface area (Å²) in [7, 11) is 0. The van der Waals surface area contributed by atoms with E-state index in [1.165, 1.54) is 6.07 Å². The number of benzene rings is 1. The van der Waals surface area contributed by atoms with Gasteiger partial charge in [0.1, 0.15) is 5.82 Å². The van der Waals surface area contributed by atoms with Crippen LogP contribution in [0.4, 0.5) is 19.0 Å². The van der Waals surface area contributed by atoms with Crippen LogP contribution in [0.2, 0.25) is 0 Å². The maximum absolute atomic E-state index is 13.5. The van der Waals surface area contributed by atoms with E-state index in [9.17, 15) is 18.0 Å². The average Bonchev–Trinajstić information content (AvgIpc) is 3.40. The molecule has 1 N–H and O–H groups in total. The van der Waals surface area contributed by atoms with Crippen LogP contribution in [0.15, 0.2) is 61.1 Å². The Morgan fingerprint density at radius 1 is 1.03 bits per heavy atom. The summed E-state index contributed by atoms with van der Waals surface area (Å²) in [5, 5.41) is 11.0. The van der Waals surface area contributed by atoms with E-state index in [0.717, 1.165) is 36.2 Å². The number of amides is 1. The lowest BCUT2D eigenvalue weighted by molar-refractivity contribution is -0.137. The van der Waals surface area contributed by atoms with Crippen LogP contribution >= 0.6 is 0 Å². The molecule has 1 saturated heterocycles. The quantitative estimate of drug-likeness (QED) is 0.657. The van der Waals surface area contributed by atoms with Gasteiger partial charge in [-0.25, -0.2) is 4.98 Å². The fourth-order valence-electron chi connectivity index (χ4n) is 4.78. The van der Waals surface area contributed by atoms with Crippen LogP contribution in [-0.4, -0.2) is 44.6 Å². The zero-order valence-corrected chi connectivity index (χ0v) is 17.0. The first-order valence-electron chi connectivity index (χ1n) is 10.4. The molecule has 2 aliphatic rings. The molecule has 0 unspecified atom stereocenters. The molecule has 2 fully saturated rings. The number of carbonyl (C=O) groups excluding carboxylic acids is 1. The lowest BCUT2D eigenvalue weighted by Crippen LogP contribution is -2.47. The van der Waals surface area contributed by atoms with Crippen molar-refractivity contribution in [2.45, 2.75) is 31.1 Å². The zero-order chi connectivity index (χ0) is 22.3. The number of halogens is 3. The van der Waals surface area contributed by atoms with Gasteiger partial charge in [-0.05, 0) is 48.6 Å². The Balaban J connectivity index is 1.35. The number of hydrogen-bond acceptors (Lipinski definition) is 5. The number of pyridine rings is 1. The molecule has 2 aromatic heterocycles. The standard InChI is InChI=1S/C23H20F3N5O/c24-23(25,26)16-5-6-21(27-12-16)30-19-9-14-10-20(19)31(13-14)22(32)18-4-2-1-3-17(18)15-7-8-28-29-11-15/h1-8,11-12,14,19-20H,9-10,13H2,(H,27,30)/t14-,19+,20-/m0/s1. The molecule has 9 heteroatoms. The number of likely N-dealkylation sites (tertiary alicyclic amines) is 1. The number of rotatable bonds is 4. The Morgan fingerprint density at radius 3 is 2.56 bits per heavy atom. The Labute approximate surface area is 182 Å². The van der Waals surface area contributed by atoms with Gasteiger partial charge < -0.3 is 10.2 Å². The number of nitrogens with zero attached hydrogens (tertiary/aromatic N) is 4. The molecule has 164 valence electrons. The number of fused-ring (bicyclic) bond motifs is 2. The molecular formula is C23H20F3N5O. The lowest BCUT2D eigenvalue weighted by atomic mass is 9.98. The third-order valence-corrected chi connectivity index (χ3v) is 6.22. The van der Waals surface area contributed by atoms with Gasteiger partial charge in [0.05, 0.1) is 24.0 Å². The van der Waals surface area contributed by atoms with Crippen molar-refractivity contribution in [2.75, 3.05) is 11.9 Å². The van der Waals surface area contributed by atoms with E-state index in [-0.39, 0.29) is 18.0 Å². The van der Waals surface area contributed by atoms with E-state index in [1.807, 2.05) is 35.2 Å². The highest BCUT2D eigenvalue weighted by Crippen LogP contribution is 2.40. The minimum absolute atomic E-state index is 0.0415. The molecule has 0 spiro atoms. The summed E-state index contributed by atoms with van der Waals surface area (Å²) in [6.07, 6.45) is 1.35. The molecule has 3 heterocycles. The molecule has 1 aliphatic carbocycles. The summed E-state index contributed by atoms with van der Waals surface area (Å²) in [5.41, 5.74) is 1.43. The number of alkyl halides is 3. The van der Waals surface area contributed by atoms with Crippen molar-refractivity contribution in [1.82, 2.24) is 20.1 Å². The van der Waals surface area contributed by atoms with Crippen LogP contribution in [0.3, 0.4) is 0 Å². The minimum atomic E-state index is -4.42. The highest BCUT2D eigenvalue weighted by molar-refractivity contribution is 6.01. The molecule has 1 saturated carbocycles. The molecule has 3 atom stereocenters. The number of aromatic nitrogens is 3. The van der Waals surface area contributed by atoms with Crippen LogP contribution in [0.25, 0.3) is 11.1 Å². The summed E-state index contributed by atoms with van der Waals surface area (Å²) in [6.45, 7) is 0.672. The third kappa shape index (κ3) is 3.79. The Morgan fingerprint density at radius 2 is 1.88 bits per heavy atom. The summed E-state index contributed by atoms with van der Waals surface area (Å²) >= 11 is 0. The topological polar surface area (TPSA) is 71.0 Å². The maximum Gasteiger partial charge on any atom is 0.417 e. The fourth-order valence-corrected chi connectivity index (χ4v) is 4.78. The van der Waals surface area contributed by atoms with Crippen LogP contribution < -0.4 is 5.32 Å². The first-order chi connectivity index (χ1) is 15.4. The van der Waals surface area contributed by atoms with Gasteiger partial charge in [-0.15, -0.1) is 0 Å². The van der Waals surface area contributed by atoms with Crippen LogP contribution in [0.1, 0.15) is 28.8 Å². The third-order valence-electron chi connectivity index (χ3n) is 6.22. The van der Waals surface area contributed by atoms with Gasteiger partial charge in [0, 0.05) is 29.9 Å². The van der Waals surface area contributed by atoms with Gasteiger partial charge >= 0.3 is 6.18 Å². The number of hydrogen-bond donors (Lipinski definition) is 1. The first-order valence-corrected chi connectivity index (χ1v) is 10.4. The fraction of sp³-hybridized carbons (Fsp3) is 0.304. The molecule has 2 bridgehead atoms. The van der Waals surface area contributed by atoms with Crippen molar-refractivity contribution in [3.63, 3.8) is 0 Å². The summed E-state index contributed by atoms with van der Waals surface area (Å²) < 4.78 is 38.4. The second-order valence-electron chi connectivity index (χ2n) is 8.22. The minimum Gasteiger partial charge on any atom is -0.365 e. The predicted molar refractivity (Wildman–Crippen MR) is 112 cm³/mol. The van der Waals surface area contributed by atoms with Gasteiger partial charge in [0.15, 0.2) is 0 Å². The highest BCUT2D eigenvalue weighted by atomic mass is 19.4. The molecule has 1 aromatic carbocycles. The molecule has 1 amide bonds. The first kappa shape index (κ1) is 20.4. The summed E-state index contributed by atoms with van der Waals surface area (Å²) in [6, 6.07) is 11.5. The van der Waals surface area contributed by atoms with Crippen molar-refractivity contribution in [1.29, 1.82) is 0 Å². The van der Waals surface area contributed by atoms with Crippen molar-refractivity contribution in [3.8, 4) is 11.1 Å². The predicted octanol–water partition coefficient (Wildman–Crippen LogP) is 4.27. The molecular weight excluding hydrogens is 419 g/mol. The van der Waals surface area contributed by atoms with Crippen molar-refractivity contribution >= 4 is 11.7 Å². The lowest BCUT2D eigenvalue weighted by Gasteiger charge is -2.34. The molecule has 6 nitrogen and oxygen atoms in total. The number of carbonyl (C=O) groups is 1. The van der Waals surface area contributed by atoms with Crippen LogP contribution in [-0.2, 0) is 6.18 Å². The largest absolute Gasteiger partial charge is 0.417 e.